The van der Waals surface area contributed by atoms with Gasteiger partial charge in [0, 0.05) is 0 Å². The van der Waals surface area contributed by atoms with E-state index in [1.807, 2.05) is 0 Å². The molecule has 7 nitrogen and oxygen atoms in total. The monoisotopic (exact) mass is 204 g/mol. The number of hydrogen-bond acceptors (Lipinski definition) is 4. The summed E-state index contributed by atoms with van der Waals surface area (Å²) in [6.07, 6.45) is -3.04. The zero-order chi connectivity index (χ0) is 10.5. The third kappa shape index (κ3) is 1.17. The molecule has 2 bridgehead atoms. The van der Waals surface area contributed by atoms with Gasteiger partial charge < -0.3 is 31.7 Å². The summed E-state index contributed by atoms with van der Waals surface area (Å²) in [4.78, 5) is 11.0. The van der Waals surface area contributed by atoms with E-state index in [2.05, 4.69) is 16.4 Å². The molecule has 0 radical (unpaired) electrons. The van der Waals surface area contributed by atoms with E-state index in [4.69, 9.17) is 0 Å². The van der Waals surface area contributed by atoms with E-state index in [-0.39, 0.29) is 0 Å². The highest BCUT2D eigenvalue weighted by atomic mass is 16.3. The Kier molecular flexibility index (Phi) is 2.11. The molecule has 0 aromatic carbocycles. The van der Waals surface area contributed by atoms with Gasteiger partial charge in [-0.15, -0.1) is 0 Å². The van der Waals surface area contributed by atoms with E-state index >= 15 is 0 Å². The van der Waals surface area contributed by atoms with E-state index in [0.29, 0.717) is 0 Å². The van der Waals surface area contributed by atoms with Crippen LogP contribution in [0, 0.1) is 0 Å². The lowest BCUT2D eigenvalue weighted by Gasteiger charge is -2.46. The summed E-state index contributed by atoms with van der Waals surface area (Å²) < 4.78 is 0. The highest BCUT2D eigenvalue weighted by molar-refractivity contribution is 5.76. The van der Waals surface area contributed by atoms with Gasteiger partial charge in [-0.2, -0.15) is 0 Å². The van der Waals surface area contributed by atoms with Crippen molar-refractivity contribution in [2.75, 3.05) is 0 Å². The molecule has 8 N–H and O–H groups in total. The Bertz CT molecular complexity index is 231. The number of hydrogen-bond donors (Lipinski definition) is 6. The van der Waals surface area contributed by atoms with Gasteiger partial charge in [0.15, 0.2) is 0 Å². The molecular formula is C7H14N3O4+. The first-order valence-electron chi connectivity index (χ1n) is 4.46. The van der Waals surface area contributed by atoms with E-state index in [9.17, 15) is 20.1 Å². The second-order valence-corrected chi connectivity index (χ2v) is 3.80. The number of quaternary nitrogens is 1. The van der Waals surface area contributed by atoms with E-state index in [0.717, 1.165) is 0 Å². The highest BCUT2D eigenvalue weighted by Crippen LogP contribution is 2.21. The molecule has 0 spiro atoms. The molecule has 0 aromatic heterocycles. The Morgan fingerprint density at radius 2 is 1.43 bits per heavy atom. The zero-order valence-corrected chi connectivity index (χ0v) is 7.42. The van der Waals surface area contributed by atoms with Crippen LogP contribution in [0.25, 0.3) is 0 Å². The van der Waals surface area contributed by atoms with Gasteiger partial charge in [-0.25, -0.2) is 4.79 Å². The third-order valence-corrected chi connectivity index (χ3v) is 2.94. The van der Waals surface area contributed by atoms with Crippen molar-refractivity contribution >= 4 is 6.03 Å². The van der Waals surface area contributed by atoms with Crippen molar-refractivity contribution in [2.45, 2.75) is 36.4 Å². The van der Waals surface area contributed by atoms with E-state index in [1.54, 1.807) is 0 Å². The number of carbonyl (C=O) groups excluding carboxylic acids is 1. The molecule has 1 saturated carbocycles. The van der Waals surface area contributed by atoms with Crippen molar-refractivity contribution in [3.63, 3.8) is 0 Å². The van der Waals surface area contributed by atoms with Crippen LogP contribution >= 0.6 is 0 Å². The summed E-state index contributed by atoms with van der Waals surface area (Å²) in [6.45, 7) is 0. The summed E-state index contributed by atoms with van der Waals surface area (Å²) in [5.41, 5.74) is 3.60. The summed E-state index contributed by atoms with van der Waals surface area (Å²) in [5.74, 6) is 0. The number of amides is 2. The maximum atomic E-state index is 11.0. The van der Waals surface area contributed by atoms with Gasteiger partial charge in [-0.1, -0.05) is 0 Å². The van der Waals surface area contributed by atoms with Crippen molar-refractivity contribution in [1.82, 2.24) is 10.6 Å². The fraction of sp³-hybridized carbons (Fsp3) is 0.857. The maximum absolute atomic E-state index is 11.0. The van der Waals surface area contributed by atoms with Gasteiger partial charge in [0.05, 0.1) is 12.1 Å². The molecule has 2 amide bonds. The van der Waals surface area contributed by atoms with Gasteiger partial charge in [-0.3, -0.25) is 0 Å². The van der Waals surface area contributed by atoms with Crippen LogP contribution in [-0.4, -0.2) is 57.8 Å². The fourth-order valence-electron chi connectivity index (χ4n) is 2.05. The van der Waals surface area contributed by atoms with Crippen LogP contribution in [0.3, 0.4) is 0 Å². The van der Waals surface area contributed by atoms with Crippen LogP contribution in [-0.2, 0) is 0 Å². The lowest BCUT2D eigenvalue weighted by molar-refractivity contribution is -0.466. The van der Waals surface area contributed by atoms with Gasteiger partial charge in [0.1, 0.15) is 24.4 Å². The standard InChI is InChI=1S/C7H13N3O4/c8-1-4(11)2-6(13)3(5(1)12)10-7(14)9-2/h1-6,11-13H,8H2,(H2,9,10,14)/p+1/t1?,2-,3+,4-,5+,6?. The first-order valence-corrected chi connectivity index (χ1v) is 4.46. The van der Waals surface area contributed by atoms with Crippen LogP contribution in [0.2, 0.25) is 0 Å². The number of carbonyl (C=O) groups is 1. The molecule has 2 rings (SSSR count). The molecule has 7 heteroatoms. The lowest BCUT2D eigenvalue weighted by Crippen LogP contribution is -2.86. The maximum Gasteiger partial charge on any atom is 0.315 e. The molecule has 2 unspecified atom stereocenters. The minimum atomic E-state index is -1.03. The minimum Gasteiger partial charge on any atom is -0.389 e. The average Bonchev–Trinajstić information content (AvgIpc) is 2.16. The van der Waals surface area contributed by atoms with Gasteiger partial charge in [0.2, 0.25) is 0 Å². The summed E-state index contributed by atoms with van der Waals surface area (Å²) in [6, 6.07) is -2.61. The topological polar surface area (TPSA) is 129 Å². The Balaban J connectivity index is 2.27. The fourth-order valence-corrected chi connectivity index (χ4v) is 2.05. The normalized spacial score (nSPS) is 52.1. The predicted octanol–water partition coefficient (Wildman–Crippen LogP) is -4.26. The Labute approximate surface area is 79.9 Å². The van der Waals surface area contributed by atoms with Gasteiger partial charge in [0.25, 0.3) is 0 Å². The Hall–Kier alpha value is -0.890. The number of nitrogens with one attached hydrogen (secondary N) is 2. The summed E-state index contributed by atoms with van der Waals surface area (Å²) in [5, 5.41) is 33.7. The first kappa shape index (κ1) is 9.66. The smallest absolute Gasteiger partial charge is 0.315 e. The molecule has 1 aliphatic heterocycles. The largest absolute Gasteiger partial charge is 0.389 e. The van der Waals surface area contributed by atoms with Crippen molar-refractivity contribution in [2.24, 2.45) is 0 Å². The SMILES string of the molecule is [NH3+]C1[C@@H](O)[C@H]2NC(=O)N[C@H](C2O)[C@H]1O. The molecular weight excluding hydrogens is 190 g/mol. The Morgan fingerprint density at radius 3 is 1.86 bits per heavy atom. The minimum absolute atomic E-state index is 0.490. The number of aliphatic hydroxyl groups excluding tert-OH is 3. The van der Waals surface area contributed by atoms with Crippen molar-refractivity contribution < 1.29 is 25.8 Å². The van der Waals surface area contributed by atoms with Crippen LogP contribution in [0.4, 0.5) is 4.79 Å². The van der Waals surface area contributed by atoms with Crippen LogP contribution in [0.5, 0.6) is 0 Å². The molecule has 80 valence electrons. The van der Waals surface area contributed by atoms with Crippen LogP contribution in [0.15, 0.2) is 0 Å². The quantitative estimate of drug-likeness (QED) is 0.238. The molecule has 1 saturated heterocycles. The molecule has 2 aliphatic rings. The van der Waals surface area contributed by atoms with Crippen LogP contribution in [0.1, 0.15) is 0 Å². The average molecular weight is 204 g/mol. The first-order chi connectivity index (χ1) is 6.52. The molecule has 0 aromatic rings. The second kappa shape index (κ2) is 3.06. The zero-order valence-electron chi connectivity index (χ0n) is 7.42. The third-order valence-electron chi connectivity index (χ3n) is 2.94. The number of rotatable bonds is 0. The van der Waals surface area contributed by atoms with Crippen molar-refractivity contribution in [3.05, 3.63) is 0 Å². The van der Waals surface area contributed by atoms with Crippen LogP contribution < -0.4 is 16.4 Å². The molecule has 6 atom stereocenters. The van der Waals surface area contributed by atoms with E-state index < -0.39 is 42.5 Å². The number of fused-ring (bicyclic) bond motifs is 2. The summed E-state index contributed by atoms with van der Waals surface area (Å²) >= 11 is 0. The number of urea groups is 1. The predicted molar refractivity (Wildman–Crippen MR) is 43.9 cm³/mol. The van der Waals surface area contributed by atoms with E-state index in [1.165, 1.54) is 0 Å². The Morgan fingerprint density at radius 1 is 1.00 bits per heavy atom. The number of aliphatic hydroxyl groups is 3. The van der Waals surface area contributed by atoms with Crippen molar-refractivity contribution in [1.29, 1.82) is 0 Å². The molecule has 14 heavy (non-hydrogen) atoms. The molecule has 1 aliphatic carbocycles. The van der Waals surface area contributed by atoms with Gasteiger partial charge in [-0.05, 0) is 0 Å². The second-order valence-electron chi connectivity index (χ2n) is 3.80. The highest BCUT2D eigenvalue weighted by Gasteiger charge is 2.53. The molecule has 2 fully saturated rings. The van der Waals surface area contributed by atoms with Crippen molar-refractivity contribution in [3.8, 4) is 0 Å². The lowest BCUT2D eigenvalue weighted by atomic mass is 9.79. The molecule has 1 heterocycles. The summed E-state index contributed by atoms with van der Waals surface area (Å²) in [7, 11) is 0. The van der Waals surface area contributed by atoms with Gasteiger partial charge >= 0.3 is 6.03 Å².